The highest BCUT2D eigenvalue weighted by Gasteiger charge is 2.40. The Morgan fingerprint density at radius 2 is 1.78 bits per heavy atom. The number of carbonyl (C=O) groups excluding carboxylic acids is 2. The molecule has 5 heteroatoms. The van der Waals surface area contributed by atoms with Crippen LogP contribution in [0.3, 0.4) is 0 Å². The van der Waals surface area contributed by atoms with Gasteiger partial charge in [0.1, 0.15) is 5.54 Å². The Labute approximate surface area is 137 Å². The number of hydrogen-bond donors (Lipinski definition) is 3. The molecule has 0 bridgehead atoms. The maximum absolute atomic E-state index is 12.4. The molecule has 0 saturated heterocycles. The van der Waals surface area contributed by atoms with Crippen LogP contribution in [0.2, 0.25) is 0 Å². The first-order valence-corrected chi connectivity index (χ1v) is 8.16. The largest absolute Gasteiger partial charge is 0.390 e. The Kier molecular flexibility index (Phi) is 5.09. The molecule has 1 aliphatic carbocycles. The fourth-order valence-corrected chi connectivity index (χ4v) is 2.97. The number of hydrogen-bond acceptors (Lipinski definition) is 3. The maximum Gasteiger partial charge on any atom is 0.252 e. The molecule has 1 aliphatic rings. The van der Waals surface area contributed by atoms with Gasteiger partial charge in [-0.2, -0.15) is 0 Å². The second-order valence-corrected chi connectivity index (χ2v) is 7.12. The molecule has 0 aromatic heterocycles. The van der Waals surface area contributed by atoms with Gasteiger partial charge in [0.25, 0.3) is 5.91 Å². The summed E-state index contributed by atoms with van der Waals surface area (Å²) in [5, 5.41) is 12.6. The van der Waals surface area contributed by atoms with E-state index in [0.717, 1.165) is 24.8 Å². The van der Waals surface area contributed by atoms with E-state index in [1.165, 1.54) is 0 Å². The Morgan fingerprint density at radius 3 is 2.26 bits per heavy atom. The molecule has 0 unspecified atom stereocenters. The number of primary amides is 1. The van der Waals surface area contributed by atoms with E-state index >= 15 is 0 Å². The van der Waals surface area contributed by atoms with Crippen molar-refractivity contribution in [2.75, 3.05) is 0 Å². The molecule has 2 rings (SSSR count). The summed E-state index contributed by atoms with van der Waals surface area (Å²) in [6.45, 7) is 3.55. The number of nitrogens with one attached hydrogen (secondary N) is 1. The number of aryl methyl sites for hydroxylation is 1. The Morgan fingerprint density at radius 1 is 1.22 bits per heavy atom. The Balaban J connectivity index is 2.01. The number of benzene rings is 1. The van der Waals surface area contributed by atoms with E-state index < -0.39 is 17.0 Å². The Bertz CT molecular complexity index is 567. The standard InChI is InChI=1S/C18H26N2O3/c1-17(2,23)12-9-13-5-7-14(8-6-13)15(21)20-18(16(19)22)10-3-4-11-18/h5-8,23H,3-4,9-12H2,1-2H3,(H2,19,22)(H,20,21). The van der Waals surface area contributed by atoms with Crippen molar-refractivity contribution >= 4 is 11.8 Å². The van der Waals surface area contributed by atoms with Gasteiger partial charge < -0.3 is 16.2 Å². The van der Waals surface area contributed by atoms with Crippen molar-refractivity contribution in [2.45, 2.75) is 63.5 Å². The van der Waals surface area contributed by atoms with Gasteiger partial charge in [0.2, 0.25) is 5.91 Å². The van der Waals surface area contributed by atoms with Gasteiger partial charge in [0.05, 0.1) is 5.60 Å². The number of rotatable bonds is 6. The summed E-state index contributed by atoms with van der Waals surface area (Å²) >= 11 is 0. The van der Waals surface area contributed by atoms with Crippen LogP contribution >= 0.6 is 0 Å². The fraction of sp³-hybridized carbons (Fsp3) is 0.556. The molecular weight excluding hydrogens is 292 g/mol. The van der Waals surface area contributed by atoms with Crippen LogP contribution in [-0.2, 0) is 11.2 Å². The third-order valence-corrected chi connectivity index (χ3v) is 4.52. The van der Waals surface area contributed by atoms with E-state index in [9.17, 15) is 14.7 Å². The number of nitrogens with two attached hydrogens (primary N) is 1. The molecule has 1 aromatic carbocycles. The van der Waals surface area contributed by atoms with E-state index in [0.29, 0.717) is 24.8 Å². The number of aliphatic hydroxyl groups is 1. The monoisotopic (exact) mass is 318 g/mol. The summed E-state index contributed by atoms with van der Waals surface area (Å²) < 4.78 is 0. The topological polar surface area (TPSA) is 92.4 Å². The van der Waals surface area contributed by atoms with Crippen LogP contribution in [0.1, 0.15) is 61.9 Å². The molecule has 0 radical (unpaired) electrons. The smallest absolute Gasteiger partial charge is 0.252 e. The van der Waals surface area contributed by atoms with Gasteiger partial charge in [-0.15, -0.1) is 0 Å². The molecular formula is C18H26N2O3. The Hall–Kier alpha value is -1.88. The summed E-state index contributed by atoms with van der Waals surface area (Å²) in [5.74, 6) is -0.718. The molecule has 4 N–H and O–H groups in total. The molecule has 0 spiro atoms. The molecule has 0 heterocycles. The fourth-order valence-electron chi connectivity index (χ4n) is 2.97. The third-order valence-electron chi connectivity index (χ3n) is 4.52. The van der Waals surface area contributed by atoms with Crippen LogP contribution in [0.5, 0.6) is 0 Å². The zero-order chi connectivity index (χ0) is 17.1. The van der Waals surface area contributed by atoms with Gasteiger partial charge in [-0.3, -0.25) is 9.59 Å². The van der Waals surface area contributed by atoms with Crippen LogP contribution in [-0.4, -0.2) is 28.1 Å². The van der Waals surface area contributed by atoms with Gasteiger partial charge in [-0.25, -0.2) is 0 Å². The van der Waals surface area contributed by atoms with Crippen molar-refractivity contribution in [1.29, 1.82) is 0 Å². The van der Waals surface area contributed by atoms with Crippen molar-refractivity contribution in [3.63, 3.8) is 0 Å². The summed E-state index contributed by atoms with van der Waals surface area (Å²) in [6.07, 6.45) is 4.42. The van der Waals surface area contributed by atoms with Gasteiger partial charge >= 0.3 is 0 Å². The van der Waals surface area contributed by atoms with Crippen LogP contribution < -0.4 is 11.1 Å². The summed E-state index contributed by atoms with van der Waals surface area (Å²) in [4.78, 5) is 24.1. The van der Waals surface area contributed by atoms with Crippen LogP contribution in [0.15, 0.2) is 24.3 Å². The molecule has 126 valence electrons. The molecule has 2 amide bonds. The lowest BCUT2D eigenvalue weighted by Crippen LogP contribution is -2.55. The van der Waals surface area contributed by atoms with Crippen LogP contribution in [0.4, 0.5) is 0 Å². The van der Waals surface area contributed by atoms with Crippen molar-refractivity contribution in [2.24, 2.45) is 5.73 Å². The molecule has 23 heavy (non-hydrogen) atoms. The molecule has 0 aliphatic heterocycles. The predicted octanol–water partition coefficient (Wildman–Crippen LogP) is 1.92. The first-order chi connectivity index (χ1) is 10.7. The maximum atomic E-state index is 12.4. The lowest BCUT2D eigenvalue weighted by atomic mass is 9.95. The second kappa shape index (κ2) is 6.71. The average molecular weight is 318 g/mol. The normalized spacial score (nSPS) is 17.0. The first kappa shape index (κ1) is 17.5. The molecule has 1 fully saturated rings. The van der Waals surface area contributed by atoms with E-state index in [-0.39, 0.29) is 5.91 Å². The van der Waals surface area contributed by atoms with Gasteiger partial charge in [-0.05, 0) is 57.2 Å². The minimum atomic E-state index is -0.892. The van der Waals surface area contributed by atoms with Crippen LogP contribution in [0.25, 0.3) is 0 Å². The SMILES string of the molecule is CC(C)(O)CCc1ccc(C(=O)NC2(C(N)=O)CCCC2)cc1. The quantitative estimate of drug-likeness (QED) is 0.748. The van der Waals surface area contributed by atoms with Gasteiger partial charge in [0.15, 0.2) is 0 Å². The summed E-state index contributed by atoms with van der Waals surface area (Å²) in [6, 6.07) is 7.26. The van der Waals surface area contributed by atoms with Crippen molar-refractivity contribution < 1.29 is 14.7 Å². The van der Waals surface area contributed by atoms with Crippen LogP contribution in [0, 0.1) is 0 Å². The summed E-state index contributed by atoms with van der Waals surface area (Å²) in [7, 11) is 0. The van der Waals surface area contributed by atoms with Crippen molar-refractivity contribution in [1.82, 2.24) is 5.32 Å². The highest BCUT2D eigenvalue weighted by atomic mass is 16.3. The third kappa shape index (κ3) is 4.55. The lowest BCUT2D eigenvalue weighted by Gasteiger charge is -2.26. The lowest BCUT2D eigenvalue weighted by molar-refractivity contribution is -0.123. The first-order valence-electron chi connectivity index (χ1n) is 8.16. The number of amides is 2. The molecule has 0 atom stereocenters. The molecule has 5 nitrogen and oxygen atoms in total. The zero-order valence-corrected chi connectivity index (χ0v) is 13.9. The molecule has 1 aromatic rings. The predicted molar refractivity (Wildman–Crippen MR) is 88.9 cm³/mol. The molecule has 1 saturated carbocycles. The van der Waals surface area contributed by atoms with E-state index in [1.807, 2.05) is 12.1 Å². The van der Waals surface area contributed by atoms with Gasteiger partial charge in [0, 0.05) is 5.56 Å². The highest BCUT2D eigenvalue weighted by molar-refractivity contribution is 5.99. The van der Waals surface area contributed by atoms with Gasteiger partial charge in [-0.1, -0.05) is 25.0 Å². The zero-order valence-electron chi connectivity index (χ0n) is 13.9. The van der Waals surface area contributed by atoms with E-state index in [2.05, 4.69) is 5.32 Å². The van der Waals surface area contributed by atoms with E-state index in [1.54, 1.807) is 26.0 Å². The van der Waals surface area contributed by atoms with Crippen molar-refractivity contribution in [3.05, 3.63) is 35.4 Å². The minimum absolute atomic E-state index is 0.264. The highest BCUT2D eigenvalue weighted by Crippen LogP contribution is 2.29. The van der Waals surface area contributed by atoms with E-state index in [4.69, 9.17) is 5.73 Å². The average Bonchev–Trinajstić information content (AvgIpc) is 2.95. The number of carbonyl (C=O) groups is 2. The van der Waals surface area contributed by atoms with Crippen molar-refractivity contribution in [3.8, 4) is 0 Å². The second-order valence-electron chi connectivity index (χ2n) is 7.12. The minimum Gasteiger partial charge on any atom is -0.390 e. The summed E-state index contributed by atoms with van der Waals surface area (Å²) in [5.41, 5.74) is 5.47.